The van der Waals surface area contributed by atoms with Gasteiger partial charge in [-0.3, -0.25) is 9.36 Å². The van der Waals surface area contributed by atoms with Crippen molar-refractivity contribution in [1.82, 2.24) is 19.8 Å². The molecule has 2 amide bonds. The van der Waals surface area contributed by atoms with Crippen LogP contribution in [-0.4, -0.2) is 32.6 Å². The quantitative estimate of drug-likeness (QED) is 0.653. The predicted molar refractivity (Wildman–Crippen MR) is 126 cm³/mol. The molecule has 2 aromatic carbocycles. The summed E-state index contributed by atoms with van der Waals surface area (Å²) in [4.78, 5) is 33.2. The van der Waals surface area contributed by atoms with Crippen LogP contribution < -0.4 is 10.9 Å². The van der Waals surface area contributed by atoms with Gasteiger partial charge in [0.15, 0.2) is 0 Å². The highest BCUT2D eigenvalue weighted by Gasteiger charge is 2.28. The number of hydrogen-bond acceptors (Lipinski definition) is 3. The van der Waals surface area contributed by atoms with E-state index < -0.39 is 6.04 Å². The monoisotopic (exact) mass is 420 g/mol. The van der Waals surface area contributed by atoms with E-state index in [1.54, 1.807) is 15.5 Å². The van der Waals surface area contributed by atoms with Gasteiger partial charge in [0.25, 0.3) is 5.56 Å². The van der Waals surface area contributed by atoms with Gasteiger partial charge in [-0.05, 0) is 72.2 Å². The molecule has 3 aromatic rings. The van der Waals surface area contributed by atoms with Crippen LogP contribution in [0.2, 0.25) is 0 Å². The topological polar surface area (TPSA) is 67.2 Å². The van der Waals surface area contributed by atoms with Crippen LogP contribution in [0.15, 0.2) is 47.3 Å². The second-order valence-electron chi connectivity index (χ2n) is 9.06. The first-order chi connectivity index (χ1) is 14.5. The van der Waals surface area contributed by atoms with Crippen molar-refractivity contribution in [2.75, 3.05) is 6.54 Å². The fraction of sp³-hybridized carbons (Fsp3) is 0.400. The lowest BCUT2D eigenvalue weighted by Crippen LogP contribution is -2.49. The molecule has 0 aliphatic rings. The lowest BCUT2D eigenvalue weighted by Gasteiger charge is -2.32. The zero-order chi connectivity index (χ0) is 22.9. The molecule has 0 saturated heterocycles. The predicted octanol–water partition coefficient (Wildman–Crippen LogP) is 4.89. The number of carbonyl (C=O) groups is 1. The molecule has 1 N–H and O–H groups in total. The SMILES string of the molecule is CCN(C(=O)NC(C)(C)C)C(C)c1nc2ccccc2c(=O)n1-c1ccc(C)cc1C. The fourth-order valence-corrected chi connectivity index (χ4v) is 3.84. The smallest absolute Gasteiger partial charge is 0.318 e. The van der Waals surface area contributed by atoms with Crippen molar-refractivity contribution in [2.24, 2.45) is 0 Å². The molecule has 164 valence electrons. The minimum Gasteiger partial charge on any atom is -0.333 e. The number of nitrogens with zero attached hydrogens (tertiary/aromatic N) is 3. The summed E-state index contributed by atoms with van der Waals surface area (Å²) in [6.07, 6.45) is 0. The van der Waals surface area contributed by atoms with Gasteiger partial charge < -0.3 is 10.2 Å². The zero-order valence-electron chi connectivity index (χ0n) is 19.5. The van der Waals surface area contributed by atoms with E-state index in [9.17, 15) is 9.59 Å². The van der Waals surface area contributed by atoms with Crippen LogP contribution in [-0.2, 0) is 0 Å². The number of urea groups is 1. The van der Waals surface area contributed by atoms with E-state index in [0.29, 0.717) is 23.3 Å². The van der Waals surface area contributed by atoms with Crippen molar-refractivity contribution >= 4 is 16.9 Å². The molecular formula is C25H32N4O2. The summed E-state index contributed by atoms with van der Waals surface area (Å²) in [5.74, 6) is 0.543. The zero-order valence-corrected chi connectivity index (χ0v) is 19.5. The molecule has 1 heterocycles. The van der Waals surface area contributed by atoms with Gasteiger partial charge in [-0.25, -0.2) is 9.78 Å². The van der Waals surface area contributed by atoms with Gasteiger partial charge >= 0.3 is 6.03 Å². The van der Waals surface area contributed by atoms with Crippen molar-refractivity contribution in [3.8, 4) is 5.69 Å². The maximum atomic E-state index is 13.6. The molecule has 0 fully saturated rings. The summed E-state index contributed by atoms with van der Waals surface area (Å²) in [5.41, 5.74) is 3.01. The standard InChI is InChI=1S/C25H32N4O2/c1-8-28(24(31)27-25(5,6)7)18(4)22-26-20-12-10-9-11-19(20)23(30)29(22)21-14-13-16(2)15-17(21)3/h9-15,18H,8H2,1-7H3,(H,27,31). The van der Waals surface area contributed by atoms with Crippen LogP contribution in [0.1, 0.15) is 57.6 Å². The minimum absolute atomic E-state index is 0.133. The highest BCUT2D eigenvalue weighted by atomic mass is 16.2. The number of nitrogens with one attached hydrogen (secondary N) is 1. The second-order valence-corrected chi connectivity index (χ2v) is 9.06. The normalized spacial score (nSPS) is 12.6. The number of aromatic nitrogens is 2. The highest BCUT2D eigenvalue weighted by Crippen LogP contribution is 2.25. The van der Waals surface area contributed by atoms with Gasteiger partial charge in [0.1, 0.15) is 5.82 Å². The molecule has 3 rings (SSSR count). The Morgan fingerprint density at radius 3 is 2.45 bits per heavy atom. The van der Waals surface area contributed by atoms with Crippen molar-refractivity contribution in [1.29, 1.82) is 0 Å². The van der Waals surface area contributed by atoms with Crippen LogP contribution in [0.3, 0.4) is 0 Å². The van der Waals surface area contributed by atoms with Gasteiger partial charge in [-0.15, -0.1) is 0 Å². The Hall–Kier alpha value is -3.15. The summed E-state index contributed by atoms with van der Waals surface area (Å²) >= 11 is 0. The average molecular weight is 421 g/mol. The van der Waals surface area contributed by atoms with Crippen molar-refractivity contribution in [2.45, 2.75) is 60.0 Å². The number of carbonyl (C=O) groups excluding carboxylic acids is 1. The second kappa shape index (κ2) is 8.53. The van der Waals surface area contributed by atoms with Crippen LogP contribution in [0.4, 0.5) is 4.79 Å². The Labute approximate surface area is 183 Å². The molecule has 0 bridgehead atoms. The number of para-hydroxylation sites is 1. The first-order valence-electron chi connectivity index (χ1n) is 10.7. The molecule has 1 atom stereocenters. The number of rotatable bonds is 4. The third-order valence-corrected chi connectivity index (χ3v) is 5.32. The van der Waals surface area contributed by atoms with Gasteiger partial charge in [0.05, 0.1) is 22.6 Å². The van der Waals surface area contributed by atoms with E-state index in [2.05, 4.69) is 11.4 Å². The highest BCUT2D eigenvalue weighted by molar-refractivity contribution is 5.78. The largest absolute Gasteiger partial charge is 0.333 e. The maximum absolute atomic E-state index is 13.6. The van der Waals surface area contributed by atoms with Crippen molar-refractivity contribution in [3.05, 3.63) is 69.8 Å². The van der Waals surface area contributed by atoms with Gasteiger partial charge in [0, 0.05) is 12.1 Å². The molecule has 1 aromatic heterocycles. The molecule has 0 radical (unpaired) electrons. The Morgan fingerprint density at radius 1 is 1.16 bits per heavy atom. The van der Waals surface area contributed by atoms with Crippen molar-refractivity contribution in [3.63, 3.8) is 0 Å². The van der Waals surface area contributed by atoms with E-state index >= 15 is 0 Å². The Morgan fingerprint density at radius 2 is 1.84 bits per heavy atom. The van der Waals surface area contributed by atoms with Gasteiger partial charge in [0.2, 0.25) is 0 Å². The van der Waals surface area contributed by atoms with Crippen LogP contribution in [0.5, 0.6) is 0 Å². The molecule has 0 aliphatic heterocycles. The third kappa shape index (κ3) is 4.63. The van der Waals surface area contributed by atoms with Gasteiger partial charge in [-0.1, -0.05) is 29.8 Å². The molecule has 0 spiro atoms. The summed E-state index contributed by atoms with van der Waals surface area (Å²) in [7, 11) is 0. The Balaban J connectivity index is 2.25. The Kier molecular flexibility index (Phi) is 6.20. The third-order valence-electron chi connectivity index (χ3n) is 5.32. The summed E-state index contributed by atoms with van der Waals surface area (Å²) in [6, 6.07) is 12.7. The minimum atomic E-state index is -0.412. The lowest BCUT2D eigenvalue weighted by molar-refractivity contribution is 0.171. The van der Waals surface area contributed by atoms with E-state index in [0.717, 1.165) is 16.8 Å². The molecular weight excluding hydrogens is 388 g/mol. The molecule has 6 heteroatoms. The van der Waals surface area contributed by atoms with Crippen LogP contribution in [0, 0.1) is 13.8 Å². The number of hydrogen-bond donors (Lipinski definition) is 1. The van der Waals surface area contributed by atoms with E-state index in [1.807, 2.05) is 78.8 Å². The summed E-state index contributed by atoms with van der Waals surface area (Å²) in [5, 5.41) is 3.58. The molecule has 6 nitrogen and oxygen atoms in total. The molecule has 1 unspecified atom stereocenters. The first-order valence-corrected chi connectivity index (χ1v) is 10.7. The first kappa shape index (κ1) is 22.5. The van der Waals surface area contributed by atoms with Gasteiger partial charge in [-0.2, -0.15) is 0 Å². The Bertz CT molecular complexity index is 1170. The van der Waals surface area contributed by atoms with Crippen LogP contribution >= 0.6 is 0 Å². The van der Waals surface area contributed by atoms with E-state index in [-0.39, 0.29) is 17.1 Å². The molecule has 31 heavy (non-hydrogen) atoms. The van der Waals surface area contributed by atoms with Crippen LogP contribution in [0.25, 0.3) is 16.6 Å². The maximum Gasteiger partial charge on any atom is 0.318 e. The average Bonchev–Trinajstić information content (AvgIpc) is 2.68. The molecule has 0 aliphatic carbocycles. The summed E-state index contributed by atoms with van der Waals surface area (Å²) in [6.45, 7) is 14.2. The van der Waals surface area contributed by atoms with E-state index in [4.69, 9.17) is 4.98 Å². The number of aryl methyl sites for hydroxylation is 2. The lowest BCUT2D eigenvalue weighted by atomic mass is 10.1. The molecule has 0 saturated carbocycles. The number of amides is 2. The summed E-state index contributed by atoms with van der Waals surface area (Å²) < 4.78 is 1.66. The number of fused-ring (bicyclic) bond motifs is 1. The van der Waals surface area contributed by atoms with E-state index in [1.165, 1.54) is 0 Å². The fourth-order valence-electron chi connectivity index (χ4n) is 3.84. The number of benzene rings is 2. The van der Waals surface area contributed by atoms with Crippen molar-refractivity contribution < 1.29 is 4.79 Å².